The van der Waals surface area contributed by atoms with Crippen LogP contribution in [-0.4, -0.2) is 54.8 Å². The maximum atomic E-state index is 12.6. The highest BCUT2D eigenvalue weighted by molar-refractivity contribution is 5.94. The number of amides is 2. The number of carbonyl (C=O) groups excluding carboxylic acids is 2. The molecule has 2 heterocycles. The average Bonchev–Trinajstić information content (AvgIpc) is 2.58. The van der Waals surface area contributed by atoms with Crippen molar-refractivity contribution >= 4 is 17.6 Å². The molecule has 140 valence electrons. The SMILES string of the molecule is CNC(=O)c1ccc(C2=CC3COCC(C2)N3C(=O)OC(C)(C)C)cc1. The lowest BCUT2D eigenvalue weighted by Crippen LogP contribution is -2.57. The summed E-state index contributed by atoms with van der Waals surface area (Å²) in [4.78, 5) is 26.1. The summed E-state index contributed by atoms with van der Waals surface area (Å²) in [6.07, 6.45) is 2.49. The van der Waals surface area contributed by atoms with Crippen molar-refractivity contribution in [3.05, 3.63) is 41.5 Å². The molecule has 6 heteroatoms. The molecule has 2 atom stereocenters. The van der Waals surface area contributed by atoms with Crippen molar-refractivity contribution < 1.29 is 19.1 Å². The van der Waals surface area contributed by atoms with E-state index >= 15 is 0 Å². The van der Waals surface area contributed by atoms with E-state index in [1.54, 1.807) is 11.9 Å². The largest absolute Gasteiger partial charge is 0.444 e. The van der Waals surface area contributed by atoms with Crippen molar-refractivity contribution in [1.29, 1.82) is 0 Å². The Morgan fingerprint density at radius 1 is 1.19 bits per heavy atom. The van der Waals surface area contributed by atoms with Gasteiger partial charge in [-0.1, -0.05) is 18.2 Å². The Balaban J connectivity index is 1.81. The number of fused-ring (bicyclic) bond motifs is 2. The number of morpholine rings is 1. The number of benzene rings is 1. The lowest BCUT2D eigenvalue weighted by molar-refractivity contribution is -0.0510. The van der Waals surface area contributed by atoms with Crippen molar-refractivity contribution in [2.24, 2.45) is 0 Å². The summed E-state index contributed by atoms with van der Waals surface area (Å²) >= 11 is 0. The molecular formula is C20H26N2O4. The zero-order valence-electron chi connectivity index (χ0n) is 15.7. The average molecular weight is 358 g/mol. The van der Waals surface area contributed by atoms with Crippen LogP contribution in [0, 0.1) is 0 Å². The van der Waals surface area contributed by atoms with Gasteiger partial charge in [0.25, 0.3) is 5.91 Å². The van der Waals surface area contributed by atoms with E-state index in [9.17, 15) is 9.59 Å². The van der Waals surface area contributed by atoms with Crippen LogP contribution in [0.3, 0.4) is 0 Å². The third kappa shape index (κ3) is 3.90. The van der Waals surface area contributed by atoms with Gasteiger partial charge in [-0.25, -0.2) is 4.79 Å². The molecule has 0 saturated carbocycles. The molecule has 0 radical (unpaired) electrons. The van der Waals surface area contributed by atoms with Gasteiger partial charge in [0.1, 0.15) is 5.60 Å². The maximum absolute atomic E-state index is 12.6. The zero-order chi connectivity index (χ0) is 18.9. The first kappa shape index (κ1) is 18.5. The fraction of sp³-hybridized carbons (Fsp3) is 0.500. The van der Waals surface area contributed by atoms with Gasteiger partial charge < -0.3 is 14.8 Å². The number of hydrogen-bond donors (Lipinski definition) is 1. The van der Waals surface area contributed by atoms with Crippen molar-refractivity contribution in [2.75, 3.05) is 20.3 Å². The lowest BCUT2D eigenvalue weighted by Gasteiger charge is -2.44. The van der Waals surface area contributed by atoms with Gasteiger partial charge in [0.15, 0.2) is 0 Å². The van der Waals surface area contributed by atoms with Gasteiger partial charge in [0, 0.05) is 12.6 Å². The Labute approximate surface area is 154 Å². The van der Waals surface area contributed by atoms with Crippen LogP contribution in [-0.2, 0) is 9.47 Å². The molecule has 1 saturated heterocycles. The molecule has 26 heavy (non-hydrogen) atoms. The Bertz CT molecular complexity index is 718. The van der Waals surface area contributed by atoms with E-state index in [0.717, 1.165) is 5.56 Å². The predicted molar refractivity (Wildman–Crippen MR) is 98.9 cm³/mol. The minimum Gasteiger partial charge on any atom is -0.444 e. The van der Waals surface area contributed by atoms with E-state index in [0.29, 0.717) is 25.2 Å². The molecule has 6 nitrogen and oxygen atoms in total. The predicted octanol–water partition coefficient (Wildman–Crippen LogP) is 2.84. The van der Waals surface area contributed by atoms with Gasteiger partial charge >= 0.3 is 6.09 Å². The van der Waals surface area contributed by atoms with Crippen LogP contribution in [0.25, 0.3) is 5.57 Å². The highest BCUT2D eigenvalue weighted by Gasteiger charge is 2.40. The summed E-state index contributed by atoms with van der Waals surface area (Å²) in [5.74, 6) is -0.101. The van der Waals surface area contributed by atoms with Crippen molar-refractivity contribution in [3.63, 3.8) is 0 Å². The molecule has 0 spiro atoms. The highest BCUT2D eigenvalue weighted by Crippen LogP contribution is 2.33. The van der Waals surface area contributed by atoms with Crippen LogP contribution < -0.4 is 5.32 Å². The van der Waals surface area contributed by atoms with Gasteiger partial charge in [-0.15, -0.1) is 0 Å². The second-order valence-electron chi connectivity index (χ2n) is 7.70. The maximum Gasteiger partial charge on any atom is 0.411 e. The quantitative estimate of drug-likeness (QED) is 0.883. The van der Waals surface area contributed by atoms with E-state index in [2.05, 4.69) is 11.4 Å². The van der Waals surface area contributed by atoms with E-state index in [-0.39, 0.29) is 24.1 Å². The van der Waals surface area contributed by atoms with Gasteiger partial charge in [-0.3, -0.25) is 9.69 Å². The number of hydrogen-bond acceptors (Lipinski definition) is 4. The van der Waals surface area contributed by atoms with E-state index in [1.807, 2.05) is 45.0 Å². The lowest BCUT2D eigenvalue weighted by atomic mass is 9.89. The third-order valence-corrected chi connectivity index (χ3v) is 4.55. The van der Waals surface area contributed by atoms with E-state index in [1.165, 1.54) is 5.57 Å². The smallest absolute Gasteiger partial charge is 0.411 e. The Hall–Kier alpha value is -2.34. The summed E-state index contributed by atoms with van der Waals surface area (Å²) in [5.41, 5.74) is 2.35. The van der Waals surface area contributed by atoms with Gasteiger partial charge in [-0.2, -0.15) is 0 Å². The third-order valence-electron chi connectivity index (χ3n) is 4.55. The molecule has 1 aromatic rings. The number of carbonyl (C=O) groups is 2. The van der Waals surface area contributed by atoms with Crippen LogP contribution in [0.15, 0.2) is 30.3 Å². The summed E-state index contributed by atoms with van der Waals surface area (Å²) in [6, 6.07) is 7.38. The van der Waals surface area contributed by atoms with E-state index in [4.69, 9.17) is 9.47 Å². The molecule has 2 aliphatic rings. The molecule has 2 bridgehead atoms. The Kier molecular flexibility index (Phi) is 5.05. The number of nitrogens with zero attached hydrogens (tertiary/aromatic N) is 1. The van der Waals surface area contributed by atoms with Crippen LogP contribution in [0.5, 0.6) is 0 Å². The molecule has 2 amide bonds. The van der Waals surface area contributed by atoms with Gasteiger partial charge in [-0.05, 0) is 50.5 Å². The van der Waals surface area contributed by atoms with Crippen LogP contribution >= 0.6 is 0 Å². The van der Waals surface area contributed by atoms with Crippen molar-refractivity contribution in [2.45, 2.75) is 44.9 Å². The highest BCUT2D eigenvalue weighted by atomic mass is 16.6. The first-order valence-electron chi connectivity index (χ1n) is 8.91. The summed E-state index contributed by atoms with van der Waals surface area (Å²) in [5, 5.41) is 2.62. The van der Waals surface area contributed by atoms with Gasteiger partial charge in [0.2, 0.25) is 0 Å². The van der Waals surface area contributed by atoms with Crippen LogP contribution in [0.4, 0.5) is 4.79 Å². The number of rotatable bonds is 2. The number of ether oxygens (including phenoxy) is 2. The molecule has 3 rings (SSSR count). The van der Waals surface area contributed by atoms with Crippen molar-refractivity contribution in [3.8, 4) is 0 Å². The van der Waals surface area contributed by atoms with Crippen molar-refractivity contribution in [1.82, 2.24) is 10.2 Å². The van der Waals surface area contributed by atoms with Crippen LogP contribution in [0.2, 0.25) is 0 Å². The molecule has 1 fully saturated rings. The Morgan fingerprint density at radius 3 is 2.46 bits per heavy atom. The van der Waals surface area contributed by atoms with Crippen LogP contribution in [0.1, 0.15) is 43.1 Å². The first-order chi connectivity index (χ1) is 12.3. The fourth-order valence-electron chi connectivity index (χ4n) is 3.39. The second kappa shape index (κ2) is 7.11. The standard InChI is InChI=1S/C20H26N2O4/c1-20(2,3)26-19(24)22-16-9-15(10-17(22)12-25-11-16)13-5-7-14(8-6-13)18(23)21-4/h5-9,16-17H,10-12H2,1-4H3,(H,21,23). The topological polar surface area (TPSA) is 67.9 Å². The molecule has 2 unspecified atom stereocenters. The molecule has 0 aliphatic carbocycles. The Morgan fingerprint density at radius 2 is 1.88 bits per heavy atom. The normalized spacial score (nSPS) is 22.5. The fourth-order valence-corrected chi connectivity index (χ4v) is 3.39. The molecule has 1 N–H and O–H groups in total. The molecule has 0 aromatic heterocycles. The van der Waals surface area contributed by atoms with Gasteiger partial charge in [0.05, 0.1) is 25.3 Å². The second-order valence-corrected chi connectivity index (χ2v) is 7.70. The minimum atomic E-state index is -0.522. The monoisotopic (exact) mass is 358 g/mol. The zero-order valence-corrected chi connectivity index (χ0v) is 15.7. The summed E-state index contributed by atoms with van der Waals surface area (Å²) in [7, 11) is 1.62. The first-order valence-corrected chi connectivity index (χ1v) is 8.91. The summed E-state index contributed by atoms with van der Waals surface area (Å²) < 4.78 is 11.2. The molecular weight excluding hydrogens is 332 g/mol. The number of nitrogens with one attached hydrogen (secondary N) is 1. The molecule has 1 aromatic carbocycles. The summed E-state index contributed by atoms with van der Waals surface area (Å²) in [6.45, 7) is 6.59. The molecule has 2 aliphatic heterocycles. The van der Waals surface area contributed by atoms with E-state index < -0.39 is 5.60 Å². The minimum absolute atomic E-state index is 0.0396.